The SMILES string of the molecule is C[C@H](NC(=O)OCc1ccccc1)C(=O)N1CCN(Cc2csc(-c3ccccc3)n2)CC1. The van der Waals surface area contributed by atoms with Gasteiger partial charge in [-0.25, -0.2) is 9.78 Å². The average Bonchev–Trinajstić information content (AvgIpc) is 3.32. The van der Waals surface area contributed by atoms with Crippen LogP contribution < -0.4 is 5.32 Å². The van der Waals surface area contributed by atoms with Gasteiger partial charge >= 0.3 is 6.09 Å². The molecule has 0 spiro atoms. The molecule has 1 aromatic heterocycles. The minimum absolute atomic E-state index is 0.0914. The molecule has 1 N–H and O–H groups in total. The Balaban J connectivity index is 1.20. The molecule has 1 fully saturated rings. The molecule has 7 nitrogen and oxygen atoms in total. The van der Waals surface area contributed by atoms with Gasteiger partial charge in [0.15, 0.2) is 0 Å². The number of amides is 2. The summed E-state index contributed by atoms with van der Waals surface area (Å²) in [4.78, 5) is 33.7. The zero-order chi connectivity index (χ0) is 23.0. The van der Waals surface area contributed by atoms with Crippen molar-refractivity contribution in [2.24, 2.45) is 0 Å². The lowest BCUT2D eigenvalue weighted by atomic mass is 10.2. The molecule has 0 bridgehead atoms. The summed E-state index contributed by atoms with van der Waals surface area (Å²) >= 11 is 1.65. The molecule has 1 atom stereocenters. The van der Waals surface area contributed by atoms with E-state index in [0.717, 1.165) is 41.5 Å². The van der Waals surface area contributed by atoms with Gasteiger partial charge in [0.1, 0.15) is 17.7 Å². The van der Waals surface area contributed by atoms with Crippen molar-refractivity contribution in [2.75, 3.05) is 26.2 Å². The van der Waals surface area contributed by atoms with Crippen LogP contribution in [0.15, 0.2) is 66.0 Å². The van der Waals surface area contributed by atoms with Crippen molar-refractivity contribution in [1.82, 2.24) is 20.1 Å². The average molecular weight is 465 g/mol. The first-order valence-corrected chi connectivity index (χ1v) is 11.9. The molecule has 3 aromatic rings. The van der Waals surface area contributed by atoms with Crippen molar-refractivity contribution in [3.05, 3.63) is 77.3 Å². The van der Waals surface area contributed by atoms with Gasteiger partial charge < -0.3 is 15.0 Å². The Morgan fingerprint density at radius 3 is 2.39 bits per heavy atom. The lowest BCUT2D eigenvalue weighted by Gasteiger charge is -2.35. The highest BCUT2D eigenvalue weighted by Crippen LogP contribution is 2.24. The minimum atomic E-state index is -0.633. The number of benzene rings is 2. The van der Waals surface area contributed by atoms with Gasteiger partial charge in [-0.15, -0.1) is 11.3 Å². The fourth-order valence-electron chi connectivity index (χ4n) is 3.73. The van der Waals surface area contributed by atoms with E-state index in [1.165, 1.54) is 0 Å². The Morgan fingerprint density at radius 1 is 1.03 bits per heavy atom. The fraction of sp³-hybridized carbons (Fsp3) is 0.320. The van der Waals surface area contributed by atoms with Gasteiger partial charge in [-0.05, 0) is 12.5 Å². The van der Waals surface area contributed by atoms with Gasteiger partial charge in [-0.3, -0.25) is 9.69 Å². The highest BCUT2D eigenvalue weighted by atomic mass is 32.1. The van der Waals surface area contributed by atoms with Gasteiger partial charge in [0.05, 0.1) is 5.69 Å². The van der Waals surface area contributed by atoms with Crippen molar-refractivity contribution in [1.29, 1.82) is 0 Å². The van der Waals surface area contributed by atoms with Gasteiger partial charge in [0, 0.05) is 43.7 Å². The number of carbonyl (C=O) groups is 2. The van der Waals surface area contributed by atoms with Crippen LogP contribution in [-0.4, -0.2) is 59.0 Å². The summed E-state index contributed by atoms with van der Waals surface area (Å²) in [5.41, 5.74) is 3.08. The van der Waals surface area contributed by atoms with E-state index in [1.807, 2.05) is 48.5 Å². The number of rotatable bonds is 7. The second kappa shape index (κ2) is 11.1. The Kier molecular flexibility index (Phi) is 7.70. The third-order valence-electron chi connectivity index (χ3n) is 5.56. The van der Waals surface area contributed by atoms with Crippen LogP contribution in [0.25, 0.3) is 10.6 Å². The molecule has 33 heavy (non-hydrogen) atoms. The number of nitrogens with zero attached hydrogens (tertiary/aromatic N) is 3. The van der Waals surface area contributed by atoms with Gasteiger partial charge in [-0.2, -0.15) is 0 Å². The third-order valence-corrected chi connectivity index (χ3v) is 6.50. The number of piperazine rings is 1. The Bertz CT molecular complexity index is 1050. The van der Waals surface area contributed by atoms with E-state index >= 15 is 0 Å². The van der Waals surface area contributed by atoms with E-state index < -0.39 is 12.1 Å². The van der Waals surface area contributed by atoms with E-state index in [0.29, 0.717) is 13.1 Å². The molecule has 1 saturated heterocycles. The molecule has 4 rings (SSSR count). The molecule has 1 aliphatic rings. The molecule has 172 valence electrons. The number of nitrogens with one attached hydrogen (secondary N) is 1. The van der Waals surface area contributed by atoms with Crippen molar-refractivity contribution < 1.29 is 14.3 Å². The third kappa shape index (κ3) is 6.40. The normalized spacial score (nSPS) is 15.1. The first-order chi connectivity index (χ1) is 16.1. The predicted molar refractivity (Wildman–Crippen MR) is 129 cm³/mol. The van der Waals surface area contributed by atoms with Crippen molar-refractivity contribution in [3.63, 3.8) is 0 Å². The summed E-state index contributed by atoms with van der Waals surface area (Å²) in [6.07, 6.45) is -0.587. The molecule has 8 heteroatoms. The molecule has 2 amide bonds. The van der Waals surface area contributed by atoms with E-state index in [2.05, 4.69) is 27.7 Å². The molecule has 2 heterocycles. The summed E-state index contributed by atoms with van der Waals surface area (Å²) in [5.74, 6) is -0.0914. The maximum absolute atomic E-state index is 12.8. The molecule has 0 unspecified atom stereocenters. The van der Waals surface area contributed by atoms with E-state index in [1.54, 1.807) is 23.2 Å². The van der Waals surface area contributed by atoms with Crippen molar-refractivity contribution in [2.45, 2.75) is 26.1 Å². The summed E-state index contributed by atoms with van der Waals surface area (Å²) in [5, 5.41) is 5.77. The van der Waals surface area contributed by atoms with Crippen molar-refractivity contribution >= 4 is 23.3 Å². The van der Waals surface area contributed by atoms with Crippen LogP contribution in [0, 0.1) is 0 Å². The Hall–Kier alpha value is -3.23. The number of thiazole rings is 1. The second-order valence-corrected chi connectivity index (χ2v) is 8.90. The van der Waals surface area contributed by atoms with Crippen LogP contribution >= 0.6 is 11.3 Å². The van der Waals surface area contributed by atoms with E-state index in [-0.39, 0.29) is 12.5 Å². The monoisotopic (exact) mass is 464 g/mol. The molecular formula is C25H28N4O3S. The number of alkyl carbamates (subject to hydrolysis) is 1. The van der Waals surface area contributed by atoms with Crippen LogP contribution in [0.1, 0.15) is 18.2 Å². The first-order valence-electron chi connectivity index (χ1n) is 11.1. The number of hydrogen-bond donors (Lipinski definition) is 1. The zero-order valence-electron chi connectivity index (χ0n) is 18.6. The maximum atomic E-state index is 12.8. The first kappa shape index (κ1) is 22.9. The second-order valence-electron chi connectivity index (χ2n) is 8.04. The molecule has 0 aliphatic carbocycles. The number of aromatic nitrogens is 1. The lowest BCUT2D eigenvalue weighted by molar-refractivity contribution is -0.134. The molecular weight excluding hydrogens is 436 g/mol. The lowest BCUT2D eigenvalue weighted by Crippen LogP contribution is -2.54. The highest BCUT2D eigenvalue weighted by Gasteiger charge is 2.26. The largest absolute Gasteiger partial charge is 0.445 e. The van der Waals surface area contributed by atoms with E-state index in [9.17, 15) is 9.59 Å². The van der Waals surface area contributed by atoms with Crippen LogP contribution in [0.3, 0.4) is 0 Å². The summed E-state index contributed by atoms with van der Waals surface area (Å²) in [7, 11) is 0. The van der Waals surface area contributed by atoms with E-state index in [4.69, 9.17) is 9.72 Å². The smallest absolute Gasteiger partial charge is 0.408 e. The van der Waals surface area contributed by atoms with Crippen LogP contribution in [0.2, 0.25) is 0 Å². The topological polar surface area (TPSA) is 74.8 Å². The maximum Gasteiger partial charge on any atom is 0.408 e. The molecule has 0 radical (unpaired) electrons. The van der Waals surface area contributed by atoms with Crippen LogP contribution in [-0.2, 0) is 22.7 Å². The van der Waals surface area contributed by atoms with Crippen LogP contribution in [0.5, 0.6) is 0 Å². The van der Waals surface area contributed by atoms with Gasteiger partial charge in [0.2, 0.25) is 5.91 Å². The van der Waals surface area contributed by atoms with Gasteiger partial charge in [0.25, 0.3) is 0 Å². The summed E-state index contributed by atoms with van der Waals surface area (Å²) in [6.45, 7) is 5.43. The fourth-order valence-corrected chi connectivity index (χ4v) is 4.54. The number of carbonyl (C=O) groups excluding carboxylic acids is 2. The van der Waals surface area contributed by atoms with Crippen molar-refractivity contribution in [3.8, 4) is 10.6 Å². The zero-order valence-corrected chi connectivity index (χ0v) is 19.5. The minimum Gasteiger partial charge on any atom is -0.445 e. The standard InChI is InChI=1S/C25H28N4O3S/c1-19(26-25(31)32-17-20-8-4-2-5-9-20)24(30)29-14-12-28(13-15-29)16-22-18-33-23(27-22)21-10-6-3-7-11-21/h2-11,18-19H,12-17H2,1H3,(H,26,31)/t19-/m0/s1. The molecule has 1 aliphatic heterocycles. The van der Waals surface area contributed by atoms with Crippen LogP contribution in [0.4, 0.5) is 4.79 Å². The Labute approximate surface area is 198 Å². The number of hydrogen-bond acceptors (Lipinski definition) is 6. The summed E-state index contributed by atoms with van der Waals surface area (Å²) in [6, 6.07) is 19.0. The predicted octanol–water partition coefficient (Wildman–Crippen LogP) is 3.77. The quantitative estimate of drug-likeness (QED) is 0.576. The number of ether oxygens (including phenoxy) is 1. The molecule has 2 aromatic carbocycles. The highest BCUT2D eigenvalue weighted by molar-refractivity contribution is 7.13. The van der Waals surface area contributed by atoms with Gasteiger partial charge in [-0.1, -0.05) is 60.7 Å². The Morgan fingerprint density at radius 2 is 1.70 bits per heavy atom. The summed E-state index contributed by atoms with van der Waals surface area (Å²) < 4.78 is 5.22. The molecule has 0 saturated carbocycles.